The zero-order valence-corrected chi connectivity index (χ0v) is 14.6. The average molecular weight is 382 g/mol. The maximum Gasteiger partial charge on any atom is 0.189 e. The standard InChI is InChI=1S/C13H26N4O.HI/c1-12(2,3)16-11(14)15-10-13(4-5-13)17-6-8-18-9-7-17;/h4-10H2,1-3H3,(H3,14,15,16);1H. The summed E-state index contributed by atoms with van der Waals surface area (Å²) < 4.78 is 5.40. The van der Waals surface area contributed by atoms with E-state index in [2.05, 4.69) is 36.0 Å². The first-order valence-electron chi connectivity index (χ1n) is 6.82. The molecule has 0 aromatic carbocycles. The maximum absolute atomic E-state index is 5.92. The normalized spacial score (nSPS) is 23.6. The van der Waals surface area contributed by atoms with E-state index in [1.165, 1.54) is 12.8 Å². The number of nitrogens with one attached hydrogen (secondary N) is 1. The largest absolute Gasteiger partial charge is 0.379 e. The van der Waals surface area contributed by atoms with E-state index in [-0.39, 0.29) is 35.1 Å². The Hall–Kier alpha value is -0.0800. The highest BCUT2D eigenvalue weighted by Gasteiger charge is 2.48. The van der Waals surface area contributed by atoms with Crippen molar-refractivity contribution in [3.05, 3.63) is 0 Å². The Labute approximate surface area is 133 Å². The smallest absolute Gasteiger partial charge is 0.189 e. The van der Waals surface area contributed by atoms with Crippen LogP contribution >= 0.6 is 24.0 Å². The van der Waals surface area contributed by atoms with E-state index in [1.54, 1.807) is 0 Å². The van der Waals surface area contributed by atoms with Gasteiger partial charge < -0.3 is 15.8 Å². The van der Waals surface area contributed by atoms with E-state index in [1.807, 2.05) is 0 Å². The number of ether oxygens (including phenoxy) is 1. The monoisotopic (exact) mass is 382 g/mol. The van der Waals surface area contributed by atoms with Gasteiger partial charge in [0.1, 0.15) is 0 Å². The molecule has 2 fully saturated rings. The van der Waals surface area contributed by atoms with Crippen molar-refractivity contribution < 1.29 is 4.74 Å². The van der Waals surface area contributed by atoms with Gasteiger partial charge in [-0.1, -0.05) is 0 Å². The third-order valence-corrected chi connectivity index (χ3v) is 3.56. The fourth-order valence-corrected chi connectivity index (χ4v) is 2.41. The number of nitrogens with two attached hydrogens (primary N) is 1. The molecule has 0 radical (unpaired) electrons. The number of nitrogens with zero attached hydrogens (tertiary/aromatic N) is 2. The molecular formula is C13H27IN4O. The summed E-state index contributed by atoms with van der Waals surface area (Å²) in [6.45, 7) is 10.8. The van der Waals surface area contributed by atoms with Gasteiger partial charge in [0.05, 0.1) is 19.8 Å². The summed E-state index contributed by atoms with van der Waals surface area (Å²) in [6.07, 6.45) is 2.47. The van der Waals surface area contributed by atoms with Crippen molar-refractivity contribution in [2.75, 3.05) is 32.8 Å². The fourth-order valence-electron chi connectivity index (χ4n) is 2.41. The first-order chi connectivity index (χ1) is 8.41. The molecule has 5 nitrogen and oxygen atoms in total. The Morgan fingerprint density at radius 3 is 2.37 bits per heavy atom. The van der Waals surface area contributed by atoms with Gasteiger partial charge in [-0.25, -0.2) is 0 Å². The van der Waals surface area contributed by atoms with Crippen molar-refractivity contribution >= 4 is 29.9 Å². The molecule has 2 rings (SSSR count). The van der Waals surface area contributed by atoms with Gasteiger partial charge >= 0.3 is 0 Å². The third-order valence-electron chi connectivity index (χ3n) is 3.56. The van der Waals surface area contributed by atoms with Crippen LogP contribution in [-0.2, 0) is 4.74 Å². The van der Waals surface area contributed by atoms with Crippen molar-refractivity contribution in [1.82, 2.24) is 10.2 Å². The minimum atomic E-state index is -0.0245. The van der Waals surface area contributed by atoms with Gasteiger partial charge in [-0.3, -0.25) is 9.89 Å². The van der Waals surface area contributed by atoms with Crippen LogP contribution in [0, 0.1) is 0 Å². The molecule has 0 unspecified atom stereocenters. The van der Waals surface area contributed by atoms with Crippen molar-refractivity contribution in [3.63, 3.8) is 0 Å². The molecule has 0 bridgehead atoms. The van der Waals surface area contributed by atoms with Crippen molar-refractivity contribution in [2.24, 2.45) is 10.7 Å². The van der Waals surface area contributed by atoms with Gasteiger partial charge in [0, 0.05) is 24.2 Å². The predicted octanol–water partition coefficient (Wildman–Crippen LogP) is 1.17. The molecule has 19 heavy (non-hydrogen) atoms. The summed E-state index contributed by atoms with van der Waals surface area (Å²) in [4.78, 5) is 7.04. The van der Waals surface area contributed by atoms with E-state index in [4.69, 9.17) is 10.5 Å². The highest BCUT2D eigenvalue weighted by Crippen LogP contribution is 2.42. The molecule has 1 saturated carbocycles. The molecule has 2 aliphatic rings. The van der Waals surface area contributed by atoms with Gasteiger partial charge in [-0.05, 0) is 33.6 Å². The van der Waals surface area contributed by atoms with Gasteiger partial charge in [-0.2, -0.15) is 0 Å². The van der Waals surface area contributed by atoms with Crippen LogP contribution in [0.1, 0.15) is 33.6 Å². The zero-order valence-electron chi connectivity index (χ0n) is 12.2. The molecule has 1 aliphatic carbocycles. The van der Waals surface area contributed by atoms with E-state index < -0.39 is 0 Å². The highest BCUT2D eigenvalue weighted by atomic mass is 127. The van der Waals surface area contributed by atoms with Gasteiger partial charge in [-0.15, -0.1) is 24.0 Å². The Morgan fingerprint density at radius 2 is 1.89 bits per heavy atom. The number of halogens is 1. The second-order valence-electron chi connectivity index (χ2n) is 6.40. The van der Waals surface area contributed by atoms with E-state index in [0.717, 1.165) is 32.8 Å². The average Bonchev–Trinajstić information content (AvgIpc) is 3.06. The summed E-state index contributed by atoms with van der Waals surface area (Å²) >= 11 is 0. The van der Waals surface area contributed by atoms with Crippen LogP contribution in [0.3, 0.4) is 0 Å². The van der Waals surface area contributed by atoms with E-state index in [0.29, 0.717) is 5.96 Å². The summed E-state index contributed by atoms with van der Waals surface area (Å²) in [5.74, 6) is 0.557. The molecule has 0 atom stereocenters. The molecule has 6 heteroatoms. The fraction of sp³-hybridized carbons (Fsp3) is 0.923. The Morgan fingerprint density at radius 1 is 1.32 bits per heavy atom. The quantitative estimate of drug-likeness (QED) is 0.437. The molecular weight excluding hydrogens is 355 g/mol. The second-order valence-corrected chi connectivity index (χ2v) is 6.40. The number of hydrogen-bond donors (Lipinski definition) is 2. The molecule has 1 aliphatic heterocycles. The number of hydrogen-bond acceptors (Lipinski definition) is 3. The van der Waals surface area contributed by atoms with Crippen LogP contribution in [-0.4, -0.2) is 54.8 Å². The topological polar surface area (TPSA) is 62.9 Å². The minimum Gasteiger partial charge on any atom is -0.379 e. The molecule has 112 valence electrons. The van der Waals surface area contributed by atoms with Crippen LogP contribution in [0.4, 0.5) is 0 Å². The van der Waals surface area contributed by atoms with E-state index in [9.17, 15) is 0 Å². The summed E-state index contributed by atoms with van der Waals surface area (Å²) in [7, 11) is 0. The molecule has 0 aromatic rings. The van der Waals surface area contributed by atoms with Crippen LogP contribution in [0.2, 0.25) is 0 Å². The third kappa shape index (κ3) is 5.07. The van der Waals surface area contributed by atoms with Crippen LogP contribution < -0.4 is 11.1 Å². The number of rotatable bonds is 3. The lowest BCUT2D eigenvalue weighted by Gasteiger charge is -2.34. The van der Waals surface area contributed by atoms with Gasteiger partial charge in [0.2, 0.25) is 0 Å². The maximum atomic E-state index is 5.92. The second kappa shape index (κ2) is 6.58. The lowest BCUT2D eigenvalue weighted by molar-refractivity contribution is 0.0117. The SMILES string of the molecule is CC(C)(C)NC(N)=NCC1(N2CCOCC2)CC1.I. The summed E-state index contributed by atoms with van der Waals surface area (Å²) in [5, 5.41) is 3.21. The Bertz CT molecular complexity index is 317. The molecule has 0 aromatic heterocycles. The molecule has 1 saturated heterocycles. The van der Waals surface area contributed by atoms with Crippen LogP contribution in [0.5, 0.6) is 0 Å². The van der Waals surface area contributed by atoms with E-state index >= 15 is 0 Å². The first-order valence-corrected chi connectivity index (χ1v) is 6.82. The molecule has 1 heterocycles. The highest BCUT2D eigenvalue weighted by molar-refractivity contribution is 14.0. The molecule has 0 spiro atoms. The van der Waals surface area contributed by atoms with Crippen molar-refractivity contribution in [2.45, 2.75) is 44.7 Å². The number of guanidine groups is 1. The lowest BCUT2D eigenvalue weighted by atomic mass is 10.1. The summed E-state index contributed by atoms with van der Waals surface area (Å²) in [6, 6.07) is 0. The van der Waals surface area contributed by atoms with Crippen LogP contribution in [0.15, 0.2) is 4.99 Å². The van der Waals surface area contributed by atoms with Gasteiger partial charge in [0.15, 0.2) is 5.96 Å². The van der Waals surface area contributed by atoms with Crippen LogP contribution in [0.25, 0.3) is 0 Å². The van der Waals surface area contributed by atoms with Gasteiger partial charge in [0.25, 0.3) is 0 Å². The first kappa shape index (κ1) is 17.0. The minimum absolute atomic E-state index is 0. The van der Waals surface area contributed by atoms with Crippen molar-refractivity contribution in [3.8, 4) is 0 Å². The lowest BCUT2D eigenvalue weighted by Crippen LogP contribution is -2.48. The summed E-state index contributed by atoms with van der Waals surface area (Å²) in [5.41, 5.74) is 6.17. The Kier molecular flexibility index (Phi) is 5.88. The number of aliphatic imine (C=N–C) groups is 1. The Balaban J connectivity index is 0.00000180. The number of morpholine rings is 1. The van der Waals surface area contributed by atoms with Crippen molar-refractivity contribution in [1.29, 1.82) is 0 Å². The predicted molar refractivity (Wildman–Crippen MR) is 89.2 cm³/mol. The molecule has 3 N–H and O–H groups in total. The molecule has 0 amide bonds. The zero-order chi connectivity index (χ0) is 13.2.